The molecule has 1 saturated carbocycles. The van der Waals surface area contributed by atoms with E-state index >= 15 is 0 Å². The molecule has 2 aliphatic rings. The van der Waals surface area contributed by atoms with Crippen LogP contribution in [0.5, 0.6) is 0 Å². The van der Waals surface area contributed by atoms with Crippen molar-refractivity contribution in [3.63, 3.8) is 0 Å². The summed E-state index contributed by atoms with van der Waals surface area (Å²) in [6, 6.07) is 0. The zero-order valence-corrected chi connectivity index (χ0v) is 11.0. The molecule has 2 heterocycles. The molecular weight excluding hydrogens is 244 g/mol. The third-order valence-electron chi connectivity index (χ3n) is 4.39. The second-order valence-corrected chi connectivity index (χ2v) is 5.70. The Morgan fingerprint density at radius 3 is 2.63 bits per heavy atom. The van der Waals surface area contributed by atoms with Gasteiger partial charge in [-0.25, -0.2) is 9.78 Å². The Labute approximate surface area is 112 Å². The zero-order valence-electron chi connectivity index (χ0n) is 11.0. The molecule has 0 saturated heterocycles. The Bertz CT molecular complexity index is 489. The molecule has 1 aliphatic heterocycles. The molecule has 1 atom stereocenters. The number of aromatic nitrogens is 2. The number of carboxylic acid groups (broad SMARTS) is 1. The highest BCUT2D eigenvalue weighted by atomic mass is 16.4. The molecule has 0 amide bonds. The molecule has 0 radical (unpaired) electrons. The highest BCUT2D eigenvalue weighted by Crippen LogP contribution is 2.34. The lowest BCUT2D eigenvalue weighted by atomic mass is 9.88. The van der Waals surface area contributed by atoms with Crippen LogP contribution in [0.25, 0.3) is 0 Å². The average Bonchev–Trinajstić information content (AvgIpc) is 2.78. The standard InChI is InChI=1S/C14H20N2O3/c17-10-6-7-16-11(8-10)12(14(18)19)15-13(16)9-4-2-1-3-5-9/h9-10,17H,1-8H2,(H,18,19). The second kappa shape index (κ2) is 4.96. The summed E-state index contributed by atoms with van der Waals surface area (Å²) in [5.74, 6) is 0.370. The van der Waals surface area contributed by atoms with Gasteiger partial charge >= 0.3 is 5.97 Å². The van der Waals surface area contributed by atoms with Crippen molar-refractivity contribution in [3.8, 4) is 0 Å². The SMILES string of the molecule is O=C(O)c1nc(C2CCCCC2)n2c1CC(O)CC2. The molecule has 0 bridgehead atoms. The number of aliphatic hydroxyl groups excluding tert-OH is 1. The lowest BCUT2D eigenvalue weighted by molar-refractivity contribution is 0.0687. The molecular formula is C14H20N2O3. The van der Waals surface area contributed by atoms with Crippen molar-refractivity contribution in [1.82, 2.24) is 9.55 Å². The highest BCUT2D eigenvalue weighted by Gasteiger charge is 2.30. The largest absolute Gasteiger partial charge is 0.476 e. The van der Waals surface area contributed by atoms with Gasteiger partial charge in [0, 0.05) is 18.9 Å². The molecule has 0 aromatic carbocycles. The molecule has 3 rings (SSSR count). The molecule has 2 N–H and O–H groups in total. The van der Waals surface area contributed by atoms with Gasteiger partial charge in [0.2, 0.25) is 0 Å². The first kappa shape index (κ1) is 12.7. The van der Waals surface area contributed by atoms with E-state index in [1.165, 1.54) is 19.3 Å². The Morgan fingerprint density at radius 1 is 1.21 bits per heavy atom. The number of nitrogens with zero attached hydrogens (tertiary/aromatic N) is 2. The summed E-state index contributed by atoms with van der Waals surface area (Å²) < 4.78 is 2.06. The molecule has 5 heteroatoms. The number of carboxylic acids is 1. The van der Waals surface area contributed by atoms with E-state index in [1.807, 2.05) is 0 Å². The van der Waals surface area contributed by atoms with E-state index in [-0.39, 0.29) is 5.69 Å². The topological polar surface area (TPSA) is 75.3 Å². The fourth-order valence-electron chi connectivity index (χ4n) is 3.41. The van der Waals surface area contributed by atoms with Crippen molar-refractivity contribution >= 4 is 5.97 Å². The molecule has 0 spiro atoms. The van der Waals surface area contributed by atoms with Crippen molar-refractivity contribution in [1.29, 1.82) is 0 Å². The van der Waals surface area contributed by atoms with Gasteiger partial charge in [-0.2, -0.15) is 0 Å². The Hall–Kier alpha value is -1.36. The smallest absolute Gasteiger partial charge is 0.356 e. The maximum absolute atomic E-state index is 11.3. The van der Waals surface area contributed by atoms with E-state index in [4.69, 9.17) is 0 Å². The molecule has 5 nitrogen and oxygen atoms in total. The van der Waals surface area contributed by atoms with E-state index in [1.54, 1.807) is 0 Å². The van der Waals surface area contributed by atoms with Gasteiger partial charge in [0.25, 0.3) is 0 Å². The summed E-state index contributed by atoms with van der Waals surface area (Å²) in [4.78, 5) is 15.7. The highest BCUT2D eigenvalue weighted by molar-refractivity contribution is 5.87. The van der Waals surface area contributed by atoms with E-state index in [0.29, 0.717) is 31.0 Å². The van der Waals surface area contributed by atoms with Gasteiger partial charge in [-0.3, -0.25) is 0 Å². The van der Waals surface area contributed by atoms with Gasteiger partial charge in [-0.1, -0.05) is 19.3 Å². The number of aliphatic hydroxyl groups is 1. The van der Waals surface area contributed by atoms with Crippen molar-refractivity contribution in [3.05, 3.63) is 17.2 Å². The van der Waals surface area contributed by atoms with Crippen molar-refractivity contribution in [2.24, 2.45) is 0 Å². The van der Waals surface area contributed by atoms with Crippen LogP contribution in [-0.2, 0) is 13.0 Å². The van der Waals surface area contributed by atoms with Gasteiger partial charge in [-0.15, -0.1) is 0 Å². The minimum atomic E-state index is -0.972. The van der Waals surface area contributed by atoms with Crippen LogP contribution >= 0.6 is 0 Å². The van der Waals surface area contributed by atoms with E-state index in [0.717, 1.165) is 18.7 Å². The molecule has 1 aliphatic carbocycles. The van der Waals surface area contributed by atoms with E-state index < -0.39 is 12.1 Å². The first-order valence-corrected chi connectivity index (χ1v) is 7.17. The second-order valence-electron chi connectivity index (χ2n) is 5.70. The van der Waals surface area contributed by atoms with Crippen LogP contribution in [0.15, 0.2) is 0 Å². The van der Waals surface area contributed by atoms with Crippen LogP contribution in [0.1, 0.15) is 66.4 Å². The first-order chi connectivity index (χ1) is 9.16. The molecule has 1 aromatic heterocycles. The van der Waals surface area contributed by atoms with Gasteiger partial charge < -0.3 is 14.8 Å². The lowest BCUT2D eigenvalue weighted by Crippen LogP contribution is -2.26. The van der Waals surface area contributed by atoms with Gasteiger partial charge in [-0.05, 0) is 19.3 Å². The fourth-order valence-corrected chi connectivity index (χ4v) is 3.41. The van der Waals surface area contributed by atoms with Gasteiger partial charge in [0.05, 0.1) is 11.8 Å². The quantitative estimate of drug-likeness (QED) is 0.856. The van der Waals surface area contributed by atoms with E-state index in [9.17, 15) is 15.0 Å². The van der Waals surface area contributed by atoms with Crippen LogP contribution in [0.2, 0.25) is 0 Å². The number of rotatable bonds is 2. The van der Waals surface area contributed by atoms with E-state index in [2.05, 4.69) is 9.55 Å². The monoisotopic (exact) mass is 264 g/mol. The first-order valence-electron chi connectivity index (χ1n) is 7.17. The summed E-state index contributed by atoms with van der Waals surface area (Å²) in [6.45, 7) is 0.697. The Morgan fingerprint density at radius 2 is 1.95 bits per heavy atom. The predicted molar refractivity (Wildman–Crippen MR) is 69.3 cm³/mol. The number of carbonyl (C=O) groups is 1. The maximum Gasteiger partial charge on any atom is 0.356 e. The number of imidazole rings is 1. The normalized spacial score (nSPS) is 24.2. The summed E-state index contributed by atoms with van der Waals surface area (Å²) >= 11 is 0. The fraction of sp³-hybridized carbons (Fsp3) is 0.714. The van der Waals surface area contributed by atoms with Crippen LogP contribution in [0.4, 0.5) is 0 Å². The third kappa shape index (κ3) is 2.27. The van der Waals surface area contributed by atoms with Crippen LogP contribution < -0.4 is 0 Å². The van der Waals surface area contributed by atoms with Crippen LogP contribution in [0.3, 0.4) is 0 Å². The lowest BCUT2D eigenvalue weighted by Gasteiger charge is -2.26. The van der Waals surface area contributed by atoms with Gasteiger partial charge in [0.1, 0.15) is 5.82 Å². The zero-order chi connectivity index (χ0) is 13.4. The van der Waals surface area contributed by atoms with Gasteiger partial charge in [0.15, 0.2) is 5.69 Å². The van der Waals surface area contributed by atoms with Crippen molar-refractivity contribution in [2.45, 2.75) is 63.5 Å². The summed E-state index contributed by atoms with van der Waals surface area (Å²) in [5, 5.41) is 19.0. The van der Waals surface area contributed by atoms with Crippen molar-refractivity contribution in [2.75, 3.05) is 0 Å². The number of hydrogen-bond acceptors (Lipinski definition) is 3. The summed E-state index contributed by atoms with van der Waals surface area (Å²) in [7, 11) is 0. The maximum atomic E-state index is 11.3. The van der Waals surface area contributed by atoms with Crippen LogP contribution in [0, 0.1) is 0 Å². The Balaban J connectivity index is 2.00. The molecule has 1 unspecified atom stereocenters. The predicted octanol–water partition coefficient (Wildman–Crippen LogP) is 1.94. The molecule has 1 fully saturated rings. The number of aromatic carboxylic acids is 1. The molecule has 104 valence electrons. The number of fused-ring (bicyclic) bond motifs is 1. The summed E-state index contributed by atoms with van der Waals surface area (Å²) in [5.41, 5.74) is 0.867. The Kier molecular flexibility index (Phi) is 3.31. The number of hydrogen-bond donors (Lipinski definition) is 2. The van der Waals surface area contributed by atoms with Crippen molar-refractivity contribution < 1.29 is 15.0 Å². The average molecular weight is 264 g/mol. The minimum absolute atomic E-state index is 0.152. The summed E-state index contributed by atoms with van der Waals surface area (Å²) in [6.07, 6.45) is 6.59. The minimum Gasteiger partial charge on any atom is -0.476 e. The van der Waals surface area contributed by atoms with Crippen LogP contribution in [-0.4, -0.2) is 31.8 Å². The molecule has 1 aromatic rings. The molecule has 19 heavy (non-hydrogen) atoms. The third-order valence-corrected chi connectivity index (χ3v) is 4.39.